The van der Waals surface area contributed by atoms with Crippen LogP contribution in [0.4, 0.5) is 5.69 Å². The SMILES string of the molecule is Cc1ccccc1NC(=O)c1ccc(OCC(=O)O)cc1. The van der Waals surface area contributed by atoms with Crippen LogP contribution >= 0.6 is 0 Å². The molecular formula is C16H15NO4. The lowest BCUT2D eigenvalue weighted by Crippen LogP contribution is -2.13. The van der Waals surface area contributed by atoms with Crippen LogP contribution in [-0.4, -0.2) is 23.6 Å². The van der Waals surface area contributed by atoms with Crippen molar-refractivity contribution >= 4 is 17.6 Å². The maximum atomic E-state index is 12.1. The molecule has 0 fully saturated rings. The molecule has 1 amide bonds. The van der Waals surface area contributed by atoms with Crippen LogP contribution in [0.5, 0.6) is 5.75 Å². The average Bonchev–Trinajstić information content (AvgIpc) is 2.48. The van der Waals surface area contributed by atoms with Crippen molar-refractivity contribution in [2.75, 3.05) is 11.9 Å². The minimum absolute atomic E-state index is 0.228. The summed E-state index contributed by atoms with van der Waals surface area (Å²) in [4.78, 5) is 22.5. The second-order valence-electron chi connectivity index (χ2n) is 4.48. The molecule has 0 radical (unpaired) electrons. The summed E-state index contributed by atoms with van der Waals surface area (Å²) in [5.41, 5.74) is 2.21. The number of hydrogen-bond donors (Lipinski definition) is 2. The molecule has 0 unspecified atom stereocenters. The summed E-state index contributed by atoms with van der Waals surface area (Å²) < 4.78 is 5.01. The third kappa shape index (κ3) is 4.07. The smallest absolute Gasteiger partial charge is 0.341 e. The van der Waals surface area contributed by atoms with E-state index in [1.807, 2.05) is 31.2 Å². The van der Waals surface area contributed by atoms with Crippen molar-refractivity contribution in [3.05, 3.63) is 59.7 Å². The number of aryl methyl sites for hydroxylation is 1. The average molecular weight is 285 g/mol. The van der Waals surface area contributed by atoms with E-state index in [0.29, 0.717) is 11.3 Å². The van der Waals surface area contributed by atoms with Crippen LogP contribution < -0.4 is 10.1 Å². The number of hydrogen-bond acceptors (Lipinski definition) is 3. The van der Waals surface area contributed by atoms with Crippen molar-refractivity contribution in [1.82, 2.24) is 0 Å². The first kappa shape index (κ1) is 14.6. The molecule has 5 nitrogen and oxygen atoms in total. The van der Waals surface area contributed by atoms with E-state index in [9.17, 15) is 9.59 Å². The van der Waals surface area contributed by atoms with Crippen molar-refractivity contribution < 1.29 is 19.4 Å². The van der Waals surface area contributed by atoms with E-state index < -0.39 is 12.6 Å². The van der Waals surface area contributed by atoms with Gasteiger partial charge in [0.05, 0.1) is 0 Å². The number of nitrogens with one attached hydrogen (secondary N) is 1. The van der Waals surface area contributed by atoms with Gasteiger partial charge in [-0.15, -0.1) is 0 Å². The standard InChI is InChI=1S/C16H15NO4/c1-11-4-2-3-5-14(11)17-16(20)12-6-8-13(9-7-12)21-10-15(18)19/h2-9H,10H2,1H3,(H,17,20)(H,18,19). The van der Waals surface area contributed by atoms with Gasteiger partial charge in [0.25, 0.3) is 5.91 Å². The highest BCUT2D eigenvalue weighted by atomic mass is 16.5. The van der Waals surface area contributed by atoms with Crippen LogP contribution in [0.3, 0.4) is 0 Å². The van der Waals surface area contributed by atoms with Crippen LogP contribution in [0, 0.1) is 6.92 Å². The molecule has 2 aromatic carbocycles. The topological polar surface area (TPSA) is 75.6 Å². The van der Waals surface area contributed by atoms with Gasteiger partial charge in [-0.3, -0.25) is 4.79 Å². The van der Waals surface area contributed by atoms with Crippen molar-refractivity contribution in [2.45, 2.75) is 6.92 Å². The minimum Gasteiger partial charge on any atom is -0.482 e. The molecule has 0 saturated carbocycles. The first-order chi connectivity index (χ1) is 10.1. The lowest BCUT2D eigenvalue weighted by atomic mass is 10.1. The second-order valence-corrected chi connectivity index (χ2v) is 4.48. The molecule has 0 aromatic heterocycles. The Balaban J connectivity index is 2.03. The Morgan fingerprint density at radius 2 is 1.76 bits per heavy atom. The number of carbonyl (C=O) groups is 2. The number of carboxylic acids is 1. The molecule has 5 heteroatoms. The number of benzene rings is 2. The zero-order chi connectivity index (χ0) is 15.2. The van der Waals surface area contributed by atoms with Crippen molar-refractivity contribution in [1.29, 1.82) is 0 Å². The molecule has 0 saturated heterocycles. The highest BCUT2D eigenvalue weighted by molar-refractivity contribution is 6.04. The summed E-state index contributed by atoms with van der Waals surface area (Å²) in [6, 6.07) is 13.8. The van der Waals surface area contributed by atoms with Gasteiger partial charge < -0.3 is 15.2 Å². The Kier molecular flexibility index (Phi) is 4.56. The van der Waals surface area contributed by atoms with Gasteiger partial charge in [0.15, 0.2) is 6.61 Å². The van der Waals surface area contributed by atoms with Crippen LogP contribution in [0.2, 0.25) is 0 Å². The number of ether oxygens (including phenoxy) is 1. The number of carbonyl (C=O) groups excluding carboxylic acids is 1. The van der Waals surface area contributed by atoms with Crippen LogP contribution in [0.15, 0.2) is 48.5 Å². The quantitative estimate of drug-likeness (QED) is 0.885. The Morgan fingerprint density at radius 1 is 1.10 bits per heavy atom. The molecule has 21 heavy (non-hydrogen) atoms. The van der Waals surface area contributed by atoms with Crippen LogP contribution in [0.1, 0.15) is 15.9 Å². The van der Waals surface area contributed by atoms with Crippen molar-refractivity contribution in [3.8, 4) is 5.75 Å². The maximum absolute atomic E-state index is 12.1. The molecule has 0 heterocycles. The highest BCUT2D eigenvalue weighted by Gasteiger charge is 2.08. The van der Waals surface area contributed by atoms with Crippen LogP contribution in [0.25, 0.3) is 0 Å². The van der Waals surface area contributed by atoms with Gasteiger partial charge in [-0.1, -0.05) is 18.2 Å². The molecule has 2 rings (SSSR count). The van der Waals surface area contributed by atoms with Crippen molar-refractivity contribution in [2.24, 2.45) is 0 Å². The summed E-state index contributed by atoms with van der Waals surface area (Å²) >= 11 is 0. The van der Waals surface area contributed by atoms with Gasteiger partial charge >= 0.3 is 5.97 Å². The molecule has 0 aliphatic rings. The summed E-state index contributed by atoms with van der Waals surface area (Å²) in [6.07, 6.45) is 0. The summed E-state index contributed by atoms with van der Waals surface area (Å²) in [5.74, 6) is -0.865. The molecular weight excluding hydrogens is 270 g/mol. The molecule has 0 spiro atoms. The fourth-order valence-electron chi connectivity index (χ4n) is 1.76. The van der Waals surface area contributed by atoms with E-state index in [2.05, 4.69) is 5.32 Å². The lowest BCUT2D eigenvalue weighted by Gasteiger charge is -2.08. The van der Waals surface area contributed by atoms with Gasteiger partial charge in [0.2, 0.25) is 0 Å². The minimum atomic E-state index is -1.05. The number of amides is 1. The Hall–Kier alpha value is -2.82. The lowest BCUT2D eigenvalue weighted by molar-refractivity contribution is -0.139. The van der Waals surface area contributed by atoms with Crippen molar-refractivity contribution in [3.63, 3.8) is 0 Å². The predicted molar refractivity (Wildman–Crippen MR) is 78.7 cm³/mol. The Bertz CT molecular complexity index is 650. The molecule has 2 N–H and O–H groups in total. The van der Waals surface area contributed by atoms with Crippen LogP contribution in [-0.2, 0) is 4.79 Å². The largest absolute Gasteiger partial charge is 0.482 e. The zero-order valence-electron chi connectivity index (χ0n) is 11.5. The first-order valence-corrected chi connectivity index (χ1v) is 6.38. The van der Waals surface area contributed by atoms with E-state index in [1.54, 1.807) is 24.3 Å². The third-order valence-electron chi connectivity index (χ3n) is 2.87. The van der Waals surface area contributed by atoms with Gasteiger partial charge in [-0.05, 0) is 42.8 Å². The number of rotatable bonds is 5. The zero-order valence-corrected chi connectivity index (χ0v) is 11.5. The van der Waals surface area contributed by atoms with Gasteiger partial charge in [-0.25, -0.2) is 4.79 Å². The van der Waals surface area contributed by atoms with E-state index in [0.717, 1.165) is 11.3 Å². The number of anilines is 1. The Labute approximate surface area is 122 Å². The predicted octanol–water partition coefficient (Wildman–Crippen LogP) is 2.71. The summed E-state index contributed by atoms with van der Waals surface area (Å²) in [6.45, 7) is 1.51. The molecule has 2 aromatic rings. The molecule has 0 bridgehead atoms. The third-order valence-corrected chi connectivity index (χ3v) is 2.87. The fraction of sp³-hybridized carbons (Fsp3) is 0.125. The summed E-state index contributed by atoms with van der Waals surface area (Å²) in [7, 11) is 0. The maximum Gasteiger partial charge on any atom is 0.341 e. The number of para-hydroxylation sites is 1. The van der Waals surface area contributed by atoms with Gasteiger partial charge in [0.1, 0.15) is 5.75 Å². The Morgan fingerprint density at radius 3 is 2.38 bits per heavy atom. The van der Waals surface area contributed by atoms with E-state index >= 15 is 0 Å². The summed E-state index contributed by atoms with van der Waals surface area (Å²) in [5, 5.41) is 11.3. The number of carboxylic acid groups (broad SMARTS) is 1. The van der Waals surface area contributed by atoms with Gasteiger partial charge in [0, 0.05) is 11.3 Å². The molecule has 0 aliphatic heterocycles. The molecule has 0 aliphatic carbocycles. The second kappa shape index (κ2) is 6.56. The molecule has 0 atom stereocenters. The van der Waals surface area contributed by atoms with E-state index in [-0.39, 0.29) is 5.91 Å². The normalized spacial score (nSPS) is 9.95. The first-order valence-electron chi connectivity index (χ1n) is 6.38. The van der Waals surface area contributed by atoms with E-state index in [4.69, 9.17) is 9.84 Å². The number of aliphatic carboxylic acids is 1. The fourth-order valence-corrected chi connectivity index (χ4v) is 1.76. The van der Waals surface area contributed by atoms with E-state index in [1.165, 1.54) is 0 Å². The molecule has 108 valence electrons. The van der Waals surface area contributed by atoms with Gasteiger partial charge in [-0.2, -0.15) is 0 Å². The monoisotopic (exact) mass is 285 g/mol. The highest BCUT2D eigenvalue weighted by Crippen LogP contribution is 2.16.